The van der Waals surface area contributed by atoms with Crippen LogP contribution in [0.3, 0.4) is 0 Å². The molecule has 1 aliphatic rings. The van der Waals surface area contributed by atoms with Crippen LogP contribution in [0, 0.1) is 5.92 Å². The fourth-order valence-electron chi connectivity index (χ4n) is 2.69. The Labute approximate surface area is 153 Å². The minimum absolute atomic E-state index is 0.612. The molecule has 0 unspecified atom stereocenters. The van der Waals surface area contributed by atoms with Gasteiger partial charge in [0.1, 0.15) is 12.4 Å². The summed E-state index contributed by atoms with van der Waals surface area (Å²) in [6.07, 6.45) is 7.12. The highest BCUT2D eigenvalue weighted by Crippen LogP contribution is 2.29. The topological polar surface area (TPSA) is 12.5 Å². The zero-order valence-corrected chi connectivity index (χ0v) is 15.7. The van der Waals surface area contributed by atoms with Crippen molar-refractivity contribution >= 4 is 15.9 Å². The van der Waals surface area contributed by atoms with E-state index in [0.717, 1.165) is 22.7 Å². The number of hydrogen-bond acceptors (Lipinski definition) is 2. The number of halogens is 1. The summed E-state index contributed by atoms with van der Waals surface area (Å²) in [6, 6.07) is 16.6. The Balaban J connectivity index is 1.48. The standard InChI is InChI=1S/C21H24BrNO/c1-23(16-17-7-8-17)13-2-3-14-24-21-6-4-5-19(15-21)18-9-11-20(22)12-10-18/h2-6,9-12,15,17H,7-8,13-14,16H2,1H3/b3-2+. The molecule has 3 heteroatoms. The number of rotatable bonds is 8. The fourth-order valence-corrected chi connectivity index (χ4v) is 2.95. The van der Waals surface area contributed by atoms with E-state index in [2.05, 4.69) is 76.4 Å². The van der Waals surface area contributed by atoms with E-state index < -0.39 is 0 Å². The van der Waals surface area contributed by atoms with Crippen molar-refractivity contribution in [2.45, 2.75) is 12.8 Å². The number of hydrogen-bond donors (Lipinski definition) is 0. The predicted molar refractivity (Wildman–Crippen MR) is 104 cm³/mol. The predicted octanol–water partition coefficient (Wildman–Crippen LogP) is 5.39. The van der Waals surface area contributed by atoms with Crippen molar-refractivity contribution in [2.75, 3.05) is 26.7 Å². The second-order valence-corrected chi connectivity index (χ2v) is 7.40. The summed E-state index contributed by atoms with van der Waals surface area (Å²) in [6.45, 7) is 2.83. The van der Waals surface area contributed by atoms with Crippen molar-refractivity contribution in [3.05, 3.63) is 65.2 Å². The summed E-state index contributed by atoms with van der Waals surface area (Å²) >= 11 is 3.47. The zero-order valence-electron chi connectivity index (χ0n) is 14.1. The number of ether oxygens (including phenoxy) is 1. The molecule has 2 aromatic rings. The molecule has 1 aliphatic carbocycles. The maximum Gasteiger partial charge on any atom is 0.120 e. The highest BCUT2D eigenvalue weighted by atomic mass is 79.9. The first-order valence-electron chi connectivity index (χ1n) is 8.53. The van der Waals surface area contributed by atoms with Crippen LogP contribution < -0.4 is 4.74 Å². The quantitative estimate of drug-likeness (QED) is 0.564. The third-order valence-corrected chi connectivity index (χ3v) is 4.74. The molecule has 0 N–H and O–H groups in total. The normalized spacial score (nSPS) is 14.5. The van der Waals surface area contributed by atoms with Crippen molar-refractivity contribution in [2.24, 2.45) is 5.92 Å². The third-order valence-electron chi connectivity index (χ3n) is 4.21. The zero-order chi connectivity index (χ0) is 16.8. The number of likely N-dealkylation sites (N-methyl/N-ethyl adjacent to an activating group) is 1. The Hall–Kier alpha value is -1.58. The molecule has 0 saturated heterocycles. The second kappa shape index (κ2) is 8.50. The second-order valence-electron chi connectivity index (χ2n) is 6.48. The van der Waals surface area contributed by atoms with Crippen LogP contribution in [-0.2, 0) is 0 Å². The molecule has 24 heavy (non-hydrogen) atoms. The van der Waals surface area contributed by atoms with Crippen LogP contribution in [0.4, 0.5) is 0 Å². The molecule has 0 radical (unpaired) electrons. The van der Waals surface area contributed by atoms with E-state index in [-0.39, 0.29) is 0 Å². The molecule has 0 spiro atoms. The van der Waals surface area contributed by atoms with E-state index in [1.807, 2.05) is 12.1 Å². The maximum atomic E-state index is 5.85. The summed E-state index contributed by atoms with van der Waals surface area (Å²) in [5, 5.41) is 0. The highest BCUT2D eigenvalue weighted by Gasteiger charge is 2.22. The van der Waals surface area contributed by atoms with Crippen LogP contribution in [0.5, 0.6) is 5.75 Å². The average Bonchev–Trinajstić information content (AvgIpc) is 3.39. The molecule has 2 aromatic carbocycles. The molecule has 1 fully saturated rings. The first-order valence-corrected chi connectivity index (χ1v) is 9.32. The molecule has 1 saturated carbocycles. The molecule has 3 rings (SSSR count). The van der Waals surface area contributed by atoms with Gasteiger partial charge in [0.25, 0.3) is 0 Å². The van der Waals surface area contributed by atoms with Gasteiger partial charge in [-0.1, -0.05) is 52.3 Å². The van der Waals surface area contributed by atoms with E-state index in [4.69, 9.17) is 4.74 Å². The minimum atomic E-state index is 0.612. The van der Waals surface area contributed by atoms with Crippen molar-refractivity contribution in [1.82, 2.24) is 4.90 Å². The van der Waals surface area contributed by atoms with Crippen molar-refractivity contribution in [3.63, 3.8) is 0 Å². The largest absolute Gasteiger partial charge is 0.490 e. The molecule has 0 bridgehead atoms. The van der Waals surface area contributed by atoms with Gasteiger partial charge in [-0.25, -0.2) is 0 Å². The molecular weight excluding hydrogens is 362 g/mol. The van der Waals surface area contributed by atoms with Crippen LogP contribution >= 0.6 is 15.9 Å². The van der Waals surface area contributed by atoms with Gasteiger partial charge in [0.15, 0.2) is 0 Å². The van der Waals surface area contributed by atoms with Crippen LogP contribution in [0.15, 0.2) is 65.2 Å². The van der Waals surface area contributed by atoms with Crippen LogP contribution in [0.2, 0.25) is 0 Å². The Morgan fingerprint density at radius 2 is 1.88 bits per heavy atom. The van der Waals surface area contributed by atoms with Gasteiger partial charge in [-0.15, -0.1) is 0 Å². The van der Waals surface area contributed by atoms with Gasteiger partial charge in [0, 0.05) is 17.6 Å². The Bertz CT molecular complexity index is 676. The van der Waals surface area contributed by atoms with E-state index in [1.165, 1.54) is 30.5 Å². The molecular formula is C21H24BrNO. The SMILES string of the molecule is CN(C/C=C/COc1cccc(-c2ccc(Br)cc2)c1)CC1CC1. The average molecular weight is 386 g/mol. The fraction of sp³-hybridized carbons (Fsp3) is 0.333. The number of nitrogens with zero attached hydrogens (tertiary/aromatic N) is 1. The summed E-state index contributed by atoms with van der Waals surface area (Å²) < 4.78 is 6.95. The Morgan fingerprint density at radius 1 is 1.08 bits per heavy atom. The molecule has 0 heterocycles. The Kier molecular flexibility index (Phi) is 6.11. The van der Waals surface area contributed by atoms with Gasteiger partial charge in [0.2, 0.25) is 0 Å². The van der Waals surface area contributed by atoms with Gasteiger partial charge in [0.05, 0.1) is 0 Å². The molecule has 0 atom stereocenters. The lowest BCUT2D eigenvalue weighted by Gasteiger charge is -2.13. The van der Waals surface area contributed by atoms with Gasteiger partial charge in [-0.2, -0.15) is 0 Å². The van der Waals surface area contributed by atoms with E-state index in [9.17, 15) is 0 Å². The van der Waals surface area contributed by atoms with Gasteiger partial charge in [-0.05, 0) is 61.2 Å². The highest BCUT2D eigenvalue weighted by molar-refractivity contribution is 9.10. The van der Waals surface area contributed by atoms with Crippen molar-refractivity contribution < 1.29 is 4.74 Å². The first kappa shape index (κ1) is 17.2. The third kappa shape index (κ3) is 5.50. The lowest BCUT2D eigenvalue weighted by atomic mass is 10.1. The molecule has 2 nitrogen and oxygen atoms in total. The van der Waals surface area contributed by atoms with Gasteiger partial charge in [-0.3, -0.25) is 0 Å². The van der Waals surface area contributed by atoms with Crippen LogP contribution in [-0.4, -0.2) is 31.6 Å². The van der Waals surface area contributed by atoms with Crippen molar-refractivity contribution in [1.29, 1.82) is 0 Å². The van der Waals surface area contributed by atoms with E-state index >= 15 is 0 Å². The molecule has 0 aromatic heterocycles. The summed E-state index contributed by atoms with van der Waals surface area (Å²) in [5.74, 6) is 1.85. The summed E-state index contributed by atoms with van der Waals surface area (Å²) in [7, 11) is 2.19. The lowest BCUT2D eigenvalue weighted by Crippen LogP contribution is -2.20. The van der Waals surface area contributed by atoms with Crippen LogP contribution in [0.25, 0.3) is 11.1 Å². The van der Waals surface area contributed by atoms with Crippen LogP contribution in [0.1, 0.15) is 12.8 Å². The molecule has 126 valence electrons. The van der Waals surface area contributed by atoms with Gasteiger partial charge < -0.3 is 9.64 Å². The number of benzene rings is 2. The molecule has 0 aliphatic heterocycles. The summed E-state index contributed by atoms with van der Waals surface area (Å²) in [4.78, 5) is 2.38. The maximum absolute atomic E-state index is 5.85. The Morgan fingerprint density at radius 3 is 2.62 bits per heavy atom. The van der Waals surface area contributed by atoms with Gasteiger partial charge >= 0.3 is 0 Å². The monoisotopic (exact) mass is 385 g/mol. The minimum Gasteiger partial charge on any atom is -0.490 e. The summed E-state index contributed by atoms with van der Waals surface area (Å²) in [5.41, 5.74) is 2.37. The van der Waals surface area contributed by atoms with E-state index in [1.54, 1.807) is 0 Å². The van der Waals surface area contributed by atoms with E-state index in [0.29, 0.717) is 6.61 Å². The first-order chi connectivity index (χ1) is 11.7. The smallest absolute Gasteiger partial charge is 0.120 e. The van der Waals surface area contributed by atoms with Crippen molar-refractivity contribution in [3.8, 4) is 16.9 Å². The lowest BCUT2D eigenvalue weighted by molar-refractivity contribution is 0.347. The molecule has 0 amide bonds.